The Bertz CT molecular complexity index is 443. The van der Waals surface area contributed by atoms with E-state index in [0.717, 1.165) is 23.1 Å². The second-order valence-electron chi connectivity index (χ2n) is 3.76. The van der Waals surface area contributed by atoms with E-state index >= 15 is 0 Å². The van der Waals surface area contributed by atoms with Crippen molar-refractivity contribution in [3.8, 4) is 0 Å². The highest BCUT2D eigenvalue weighted by molar-refractivity contribution is 5.73. The molecule has 0 atom stereocenters. The molecule has 0 aliphatic heterocycles. The van der Waals surface area contributed by atoms with Gasteiger partial charge in [-0.05, 0) is 32.4 Å². The van der Waals surface area contributed by atoms with Gasteiger partial charge in [0.05, 0.1) is 6.20 Å². The van der Waals surface area contributed by atoms with Crippen molar-refractivity contribution in [2.24, 2.45) is 0 Å². The zero-order valence-corrected chi connectivity index (χ0v) is 8.86. The van der Waals surface area contributed by atoms with Crippen LogP contribution in [0.15, 0.2) is 18.3 Å². The Morgan fingerprint density at radius 1 is 1.29 bits per heavy atom. The average Bonchev–Trinajstić information content (AvgIpc) is 2.59. The fourth-order valence-electron chi connectivity index (χ4n) is 1.43. The molecule has 0 bridgehead atoms. The Labute approximate surface area is 83.8 Å². The highest BCUT2D eigenvalue weighted by Gasteiger charge is 2.04. The van der Waals surface area contributed by atoms with E-state index in [1.807, 2.05) is 23.0 Å². The van der Waals surface area contributed by atoms with Gasteiger partial charge >= 0.3 is 0 Å². The van der Waals surface area contributed by atoms with Crippen LogP contribution in [0.3, 0.4) is 0 Å². The van der Waals surface area contributed by atoms with Gasteiger partial charge < -0.3 is 0 Å². The maximum Gasteiger partial charge on any atom is 0.111 e. The van der Waals surface area contributed by atoms with E-state index in [4.69, 9.17) is 0 Å². The van der Waals surface area contributed by atoms with E-state index < -0.39 is 0 Å². The smallest absolute Gasteiger partial charge is 0.111 e. The molecule has 0 radical (unpaired) electrons. The molecule has 14 heavy (non-hydrogen) atoms. The van der Waals surface area contributed by atoms with Gasteiger partial charge in [-0.2, -0.15) is 5.10 Å². The second-order valence-corrected chi connectivity index (χ2v) is 3.76. The van der Waals surface area contributed by atoms with Gasteiger partial charge in [-0.3, -0.25) is 4.68 Å². The first-order valence-electron chi connectivity index (χ1n) is 5.05. The lowest BCUT2D eigenvalue weighted by molar-refractivity contribution is 0.537. The van der Waals surface area contributed by atoms with Crippen LogP contribution in [-0.4, -0.2) is 14.8 Å². The van der Waals surface area contributed by atoms with E-state index in [-0.39, 0.29) is 0 Å². The lowest BCUT2D eigenvalue weighted by Gasteiger charge is -2.01. The molecule has 0 saturated heterocycles. The molecular weight excluding hydrogens is 174 g/mol. The van der Waals surface area contributed by atoms with Crippen LogP contribution in [-0.2, 0) is 6.42 Å². The monoisotopic (exact) mass is 189 g/mol. The molecular formula is C11H15N3. The normalized spacial score (nSPS) is 11.4. The second kappa shape index (κ2) is 3.40. The van der Waals surface area contributed by atoms with Crippen molar-refractivity contribution in [3.63, 3.8) is 0 Å². The summed E-state index contributed by atoms with van der Waals surface area (Å²) in [5, 5.41) is 4.44. The van der Waals surface area contributed by atoms with Crippen molar-refractivity contribution in [2.45, 2.75) is 33.2 Å². The van der Waals surface area contributed by atoms with Gasteiger partial charge in [0.2, 0.25) is 0 Å². The largest absolute Gasteiger partial charge is 0.267 e. The summed E-state index contributed by atoms with van der Waals surface area (Å²) < 4.78 is 1.96. The number of pyridine rings is 1. The molecule has 0 amide bonds. The zero-order chi connectivity index (χ0) is 10.1. The molecule has 0 saturated carbocycles. The van der Waals surface area contributed by atoms with Gasteiger partial charge in [0, 0.05) is 11.7 Å². The molecule has 0 aromatic carbocycles. The third-order valence-electron chi connectivity index (χ3n) is 2.33. The van der Waals surface area contributed by atoms with Crippen molar-refractivity contribution >= 4 is 11.0 Å². The van der Waals surface area contributed by atoms with Crippen LogP contribution < -0.4 is 0 Å². The van der Waals surface area contributed by atoms with Crippen LogP contribution in [0.4, 0.5) is 0 Å². The molecule has 0 unspecified atom stereocenters. The summed E-state index contributed by atoms with van der Waals surface area (Å²) in [5.41, 5.74) is 3.11. The fourth-order valence-corrected chi connectivity index (χ4v) is 1.43. The Balaban J connectivity index is 2.54. The van der Waals surface area contributed by atoms with Gasteiger partial charge in [-0.1, -0.05) is 6.92 Å². The molecule has 0 spiro atoms. The number of hydrogen-bond donors (Lipinski definition) is 0. The average molecular weight is 189 g/mol. The fraction of sp³-hybridized carbons (Fsp3) is 0.455. The first kappa shape index (κ1) is 9.19. The molecule has 2 rings (SSSR count). The topological polar surface area (TPSA) is 30.7 Å². The standard InChI is InChI=1S/C11H15N3/c1-4-9-5-6-10-11(12-9)7-14(13-10)8(2)3/h5-8H,4H2,1-3H3. The van der Waals surface area contributed by atoms with Crippen LogP contribution in [0.25, 0.3) is 11.0 Å². The number of hydrogen-bond acceptors (Lipinski definition) is 2. The molecule has 2 aromatic heterocycles. The molecule has 3 heteroatoms. The predicted octanol–water partition coefficient (Wildman–Crippen LogP) is 2.57. The number of fused-ring (bicyclic) bond motifs is 1. The molecule has 0 N–H and O–H groups in total. The molecule has 0 fully saturated rings. The van der Waals surface area contributed by atoms with Gasteiger partial charge in [-0.15, -0.1) is 0 Å². The van der Waals surface area contributed by atoms with Gasteiger partial charge in [0.1, 0.15) is 11.0 Å². The highest BCUT2D eigenvalue weighted by Crippen LogP contribution is 2.13. The van der Waals surface area contributed by atoms with E-state index in [2.05, 4.69) is 30.9 Å². The van der Waals surface area contributed by atoms with E-state index in [1.54, 1.807) is 0 Å². The summed E-state index contributed by atoms with van der Waals surface area (Å²) in [6, 6.07) is 4.48. The number of nitrogens with zero attached hydrogens (tertiary/aromatic N) is 3. The number of aryl methyl sites for hydroxylation is 1. The summed E-state index contributed by atoms with van der Waals surface area (Å²) in [6.45, 7) is 6.35. The van der Waals surface area contributed by atoms with Crippen LogP contribution >= 0.6 is 0 Å². The molecule has 2 aromatic rings. The maximum atomic E-state index is 4.51. The Morgan fingerprint density at radius 3 is 2.71 bits per heavy atom. The zero-order valence-electron chi connectivity index (χ0n) is 8.86. The summed E-state index contributed by atoms with van der Waals surface area (Å²) >= 11 is 0. The molecule has 3 nitrogen and oxygen atoms in total. The lowest BCUT2D eigenvalue weighted by Crippen LogP contribution is -1.99. The Morgan fingerprint density at radius 2 is 2.07 bits per heavy atom. The quantitative estimate of drug-likeness (QED) is 0.727. The Hall–Kier alpha value is -1.38. The molecule has 74 valence electrons. The van der Waals surface area contributed by atoms with Crippen molar-refractivity contribution in [1.29, 1.82) is 0 Å². The van der Waals surface area contributed by atoms with Gasteiger partial charge in [0.15, 0.2) is 0 Å². The van der Waals surface area contributed by atoms with Crippen molar-refractivity contribution < 1.29 is 0 Å². The van der Waals surface area contributed by atoms with Crippen LogP contribution in [0.2, 0.25) is 0 Å². The summed E-state index contributed by atoms with van der Waals surface area (Å²) in [5.74, 6) is 0. The van der Waals surface area contributed by atoms with Gasteiger partial charge in [0.25, 0.3) is 0 Å². The first-order chi connectivity index (χ1) is 6.70. The maximum absolute atomic E-state index is 4.51. The van der Waals surface area contributed by atoms with Crippen LogP contribution in [0.1, 0.15) is 32.5 Å². The van der Waals surface area contributed by atoms with E-state index in [9.17, 15) is 0 Å². The highest BCUT2D eigenvalue weighted by atomic mass is 15.3. The van der Waals surface area contributed by atoms with Crippen LogP contribution in [0, 0.1) is 0 Å². The Kier molecular flexibility index (Phi) is 2.23. The van der Waals surface area contributed by atoms with Crippen molar-refractivity contribution in [2.75, 3.05) is 0 Å². The van der Waals surface area contributed by atoms with Crippen molar-refractivity contribution in [3.05, 3.63) is 24.0 Å². The minimum absolute atomic E-state index is 0.397. The molecule has 2 heterocycles. The third kappa shape index (κ3) is 1.50. The van der Waals surface area contributed by atoms with Crippen molar-refractivity contribution in [1.82, 2.24) is 14.8 Å². The molecule has 0 aliphatic rings. The van der Waals surface area contributed by atoms with Gasteiger partial charge in [-0.25, -0.2) is 4.98 Å². The number of rotatable bonds is 2. The lowest BCUT2D eigenvalue weighted by atomic mass is 10.3. The minimum atomic E-state index is 0.397. The predicted molar refractivity (Wildman–Crippen MR) is 57.3 cm³/mol. The van der Waals surface area contributed by atoms with E-state index in [1.165, 1.54) is 0 Å². The molecule has 0 aliphatic carbocycles. The number of aromatic nitrogens is 3. The first-order valence-corrected chi connectivity index (χ1v) is 5.05. The third-order valence-corrected chi connectivity index (χ3v) is 2.33. The minimum Gasteiger partial charge on any atom is -0.267 e. The SMILES string of the molecule is CCc1ccc2nn(C(C)C)cc2n1. The summed E-state index contributed by atoms with van der Waals surface area (Å²) in [7, 11) is 0. The van der Waals surface area contributed by atoms with Crippen LogP contribution in [0.5, 0.6) is 0 Å². The van der Waals surface area contributed by atoms with E-state index in [0.29, 0.717) is 6.04 Å². The summed E-state index contributed by atoms with van der Waals surface area (Å²) in [6.07, 6.45) is 2.99. The summed E-state index contributed by atoms with van der Waals surface area (Å²) in [4.78, 5) is 4.51.